The molecule has 0 bridgehead atoms. The van der Waals surface area contributed by atoms with Gasteiger partial charge in [-0.2, -0.15) is 17.7 Å². The van der Waals surface area contributed by atoms with Gasteiger partial charge < -0.3 is 0 Å². The van der Waals surface area contributed by atoms with Gasteiger partial charge in [0.25, 0.3) is 0 Å². The molecule has 0 heterocycles. The van der Waals surface area contributed by atoms with E-state index >= 15 is 0 Å². The first-order chi connectivity index (χ1) is 14.5. The number of hydrogen-bond donors (Lipinski definition) is 0. The van der Waals surface area contributed by atoms with Gasteiger partial charge in [-0.05, 0) is 0 Å². The molecule has 0 spiro atoms. The summed E-state index contributed by atoms with van der Waals surface area (Å²) < 4.78 is 1.51. The zero-order valence-corrected chi connectivity index (χ0v) is 23.2. The van der Waals surface area contributed by atoms with Crippen molar-refractivity contribution in [3.63, 3.8) is 0 Å². The van der Waals surface area contributed by atoms with E-state index < -0.39 is 0 Å². The quantitative estimate of drug-likeness (QED) is 0.212. The van der Waals surface area contributed by atoms with Gasteiger partial charge in [-0.3, -0.25) is 0 Å². The number of allylic oxidation sites excluding steroid dienone is 4. The Bertz CT molecular complexity index is 1150. The first-order valence-corrected chi connectivity index (χ1v) is 11.6. The van der Waals surface area contributed by atoms with Gasteiger partial charge in [-0.1, -0.05) is 86.0 Å². The summed E-state index contributed by atoms with van der Waals surface area (Å²) >= 11 is 1.55. The Morgan fingerprint density at radius 2 is 1.25 bits per heavy atom. The average Bonchev–Trinajstić information content (AvgIpc) is 3.36. The number of fused-ring (bicyclic) bond motifs is 3. The molecule has 32 heavy (non-hydrogen) atoms. The van der Waals surface area contributed by atoms with Crippen molar-refractivity contribution in [1.82, 2.24) is 0 Å². The minimum atomic E-state index is 0. The van der Waals surface area contributed by atoms with Crippen molar-refractivity contribution in [2.24, 2.45) is 0 Å². The summed E-state index contributed by atoms with van der Waals surface area (Å²) in [5, 5.41) is 5.39. The van der Waals surface area contributed by atoms with E-state index in [-0.39, 0.29) is 24.8 Å². The van der Waals surface area contributed by atoms with E-state index in [1.165, 1.54) is 47.0 Å². The minimum Gasteiger partial charge on any atom is -0.197 e. The molecule has 0 amide bonds. The summed E-state index contributed by atoms with van der Waals surface area (Å²) in [5.74, 6) is 0. The zero-order valence-electron chi connectivity index (χ0n) is 19.1. The molecule has 0 saturated carbocycles. The van der Waals surface area contributed by atoms with Crippen LogP contribution in [0.25, 0.3) is 27.1 Å². The second-order valence-electron chi connectivity index (χ2n) is 7.78. The fraction of sp³-hybridized carbons (Fsp3) is 0.172. The van der Waals surface area contributed by atoms with Gasteiger partial charge in [0.1, 0.15) is 0 Å². The van der Waals surface area contributed by atoms with Crippen LogP contribution in [-0.4, -0.2) is 3.21 Å². The summed E-state index contributed by atoms with van der Waals surface area (Å²) in [5.41, 5.74) is 5.30. The SMILES string of the molecule is C[C](C)=[Zr+2].Cc1cccc(C)c1C1=[C-]CC=C1.Cl.Cl.c1ccc2c(c1)[cH-]c1ccccc12. The Kier molecular flexibility index (Phi) is 12.2. The Balaban J connectivity index is 0.000000261. The maximum atomic E-state index is 3.36. The fourth-order valence-electron chi connectivity index (χ4n) is 3.72. The van der Waals surface area contributed by atoms with E-state index in [0.29, 0.717) is 0 Å². The molecule has 1 aliphatic carbocycles. The first kappa shape index (κ1) is 28.4. The molecular weight excluding hydrogens is 510 g/mol. The molecule has 0 atom stereocenters. The molecule has 0 fully saturated rings. The third kappa shape index (κ3) is 7.45. The molecule has 0 saturated heterocycles. The molecule has 164 valence electrons. The Labute approximate surface area is 219 Å². The molecule has 3 heteroatoms. The first-order valence-electron chi connectivity index (χ1n) is 10.4. The van der Waals surface area contributed by atoms with Crippen molar-refractivity contribution in [2.75, 3.05) is 0 Å². The Morgan fingerprint density at radius 3 is 1.69 bits per heavy atom. The molecule has 0 aliphatic heterocycles. The standard InChI is InChI=1S/C13H9.C13H13.C3H6.2ClH.Zr/c1-3-7-12-10(5-1)9-11-6-2-4-8-13(11)12;1-10-6-5-7-11(2)13(10)12-8-3-4-9-12;1-3-2;;;/h1-9H;3,5-8H,4H2,1-2H3;1-2H3;2*1H;/q2*-1;;;;+2. The van der Waals surface area contributed by atoms with Gasteiger partial charge >= 0.3 is 41.3 Å². The molecule has 0 nitrogen and oxygen atoms in total. The van der Waals surface area contributed by atoms with Gasteiger partial charge in [0, 0.05) is 0 Å². The number of benzene rings is 3. The summed E-state index contributed by atoms with van der Waals surface area (Å²) in [6, 6.07) is 25.7. The van der Waals surface area contributed by atoms with Crippen LogP contribution in [0.15, 0.2) is 84.9 Å². The van der Waals surface area contributed by atoms with E-state index in [4.69, 9.17) is 0 Å². The van der Waals surface area contributed by atoms with E-state index in [1.807, 2.05) is 0 Å². The van der Waals surface area contributed by atoms with Crippen LogP contribution in [0.1, 0.15) is 37.0 Å². The molecule has 0 N–H and O–H groups in total. The van der Waals surface area contributed by atoms with Crippen LogP contribution in [0.5, 0.6) is 0 Å². The summed E-state index contributed by atoms with van der Waals surface area (Å²) in [7, 11) is 0. The van der Waals surface area contributed by atoms with E-state index in [1.54, 1.807) is 24.2 Å². The van der Waals surface area contributed by atoms with Crippen LogP contribution in [0.3, 0.4) is 0 Å². The van der Waals surface area contributed by atoms with Crippen molar-refractivity contribution in [1.29, 1.82) is 0 Å². The van der Waals surface area contributed by atoms with Crippen molar-refractivity contribution < 1.29 is 24.2 Å². The molecule has 1 aliphatic rings. The van der Waals surface area contributed by atoms with Gasteiger partial charge in [0.2, 0.25) is 0 Å². The Hall–Kier alpha value is -1.66. The molecule has 0 aromatic heterocycles. The van der Waals surface area contributed by atoms with E-state index in [2.05, 4.69) is 119 Å². The molecule has 4 aromatic carbocycles. The van der Waals surface area contributed by atoms with Crippen LogP contribution < -0.4 is 0 Å². The van der Waals surface area contributed by atoms with Crippen molar-refractivity contribution in [3.05, 3.63) is 108 Å². The fourth-order valence-corrected chi connectivity index (χ4v) is 3.72. The molecule has 5 rings (SSSR count). The maximum Gasteiger partial charge on any atom is -0.0508 e. The van der Waals surface area contributed by atoms with Crippen LogP contribution in [0.2, 0.25) is 0 Å². The number of rotatable bonds is 1. The van der Waals surface area contributed by atoms with E-state index in [9.17, 15) is 0 Å². The van der Waals surface area contributed by atoms with Crippen molar-refractivity contribution in [2.45, 2.75) is 34.1 Å². The van der Waals surface area contributed by atoms with Crippen LogP contribution >= 0.6 is 24.8 Å². The van der Waals surface area contributed by atoms with Gasteiger partial charge in [0.15, 0.2) is 0 Å². The predicted octanol–water partition coefficient (Wildman–Crippen LogP) is 8.75. The number of aryl methyl sites for hydroxylation is 2. The predicted molar refractivity (Wildman–Crippen MR) is 144 cm³/mol. The summed E-state index contributed by atoms with van der Waals surface area (Å²) in [4.78, 5) is 0. The second kappa shape index (κ2) is 13.8. The largest absolute Gasteiger partial charge is 0.197 e. The third-order valence-electron chi connectivity index (χ3n) is 4.97. The van der Waals surface area contributed by atoms with Gasteiger partial charge in [0.05, 0.1) is 0 Å². The monoisotopic (exact) mass is 538 g/mol. The van der Waals surface area contributed by atoms with E-state index in [0.717, 1.165) is 6.42 Å². The summed E-state index contributed by atoms with van der Waals surface area (Å²) in [6.45, 7) is 8.56. The topological polar surface area (TPSA) is 0 Å². The average molecular weight is 541 g/mol. The maximum absolute atomic E-state index is 3.36. The van der Waals surface area contributed by atoms with Gasteiger partial charge in [-0.25, -0.2) is 0 Å². The zero-order chi connectivity index (χ0) is 21.5. The third-order valence-corrected chi connectivity index (χ3v) is 4.97. The van der Waals surface area contributed by atoms with Crippen molar-refractivity contribution in [3.8, 4) is 0 Å². The smallest absolute Gasteiger partial charge is 0.0508 e. The van der Waals surface area contributed by atoms with Crippen LogP contribution in [-0.2, 0) is 24.2 Å². The summed E-state index contributed by atoms with van der Waals surface area (Å²) in [6.07, 6.45) is 8.64. The number of halogens is 2. The van der Waals surface area contributed by atoms with Crippen LogP contribution in [0.4, 0.5) is 0 Å². The minimum absolute atomic E-state index is 0. The Morgan fingerprint density at radius 1 is 0.781 bits per heavy atom. The molecule has 4 aromatic rings. The second-order valence-corrected chi connectivity index (χ2v) is 10.2. The molecule has 0 unspecified atom stereocenters. The number of hydrogen-bond acceptors (Lipinski definition) is 0. The molecular formula is C29H30Cl2Zr. The van der Waals surface area contributed by atoms with Gasteiger partial charge in [-0.15, -0.1) is 76.2 Å². The normalized spacial score (nSPS) is 11.4. The molecule has 0 radical (unpaired) electrons. The van der Waals surface area contributed by atoms with Crippen LogP contribution in [0, 0.1) is 19.9 Å². The van der Waals surface area contributed by atoms with Crippen molar-refractivity contribution >= 4 is 55.1 Å².